The van der Waals surface area contributed by atoms with Crippen LogP contribution in [0.1, 0.15) is 40.4 Å². The van der Waals surface area contributed by atoms with Gasteiger partial charge in [-0.1, -0.05) is 42.0 Å². The van der Waals surface area contributed by atoms with Gasteiger partial charge >= 0.3 is 0 Å². The summed E-state index contributed by atoms with van der Waals surface area (Å²) < 4.78 is 5.34. The molecule has 1 aliphatic rings. The molecule has 3 rings (SSSR count). The van der Waals surface area contributed by atoms with E-state index < -0.39 is 11.7 Å². The van der Waals surface area contributed by atoms with Crippen molar-refractivity contribution in [3.05, 3.63) is 65.2 Å². The summed E-state index contributed by atoms with van der Waals surface area (Å²) in [5, 5.41) is 2.84. The number of rotatable bonds is 7. The van der Waals surface area contributed by atoms with Crippen LogP contribution in [0.25, 0.3) is 0 Å². The number of hydrogen-bond donors (Lipinski definition) is 1. The van der Waals surface area contributed by atoms with E-state index in [9.17, 15) is 9.59 Å². The van der Waals surface area contributed by atoms with Crippen molar-refractivity contribution in [1.82, 2.24) is 10.2 Å². The average molecular weight is 366 g/mol. The van der Waals surface area contributed by atoms with Gasteiger partial charge in [-0.25, -0.2) is 0 Å². The summed E-state index contributed by atoms with van der Waals surface area (Å²) in [6.07, 6.45) is 2.30. The quantitative estimate of drug-likeness (QED) is 0.604. The van der Waals surface area contributed by atoms with Gasteiger partial charge in [-0.3, -0.25) is 14.5 Å². The number of carbonyl (C=O) groups is 2. The van der Waals surface area contributed by atoms with Gasteiger partial charge in [-0.05, 0) is 50.6 Å². The summed E-state index contributed by atoms with van der Waals surface area (Å²) in [4.78, 5) is 27.1. The monoisotopic (exact) mass is 366 g/mol. The molecule has 0 radical (unpaired) electrons. The molecule has 0 saturated carbocycles. The van der Waals surface area contributed by atoms with Crippen LogP contribution in [0.4, 0.5) is 0 Å². The number of benzene rings is 2. The molecule has 0 spiro atoms. The summed E-state index contributed by atoms with van der Waals surface area (Å²) in [6, 6.07) is 15.0. The van der Waals surface area contributed by atoms with E-state index in [-0.39, 0.29) is 6.04 Å². The molecule has 1 heterocycles. The predicted molar refractivity (Wildman–Crippen MR) is 105 cm³/mol. The molecular weight excluding hydrogens is 340 g/mol. The molecule has 1 N–H and O–H groups in total. The Morgan fingerprint density at radius 1 is 1.11 bits per heavy atom. The number of amides is 1. The molecule has 5 nitrogen and oxygen atoms in total. The molecule has 1 aliphatic heterocycles. The molecule has 0 aliphatic carbocycles. The number of Topliss-reactive ketones (excluding diaryl/α,β-unsaturated/α-hetero) is 1. The van der Waals surface area contributed by atoms with Crippen LogP contribution in [0.15, 0.2) is 48.5 Å². The highest BCUT2D eigenvalue weighted by atomic mass is 16.5. The smallest absolute Gasteiger partial charge is 0.292 e. The third kappa shape index (κ3) is 4.74. The first-order chi connectivity index (χ1) is 13.1. The summed E-state index contributed by atoms with van der Waals surface area (Å²) in [5.41, 5.74) is 2.55. The number of hydrogen-bond acceptors (Lipinski definition) is 4. The van der Waals surface area contributed by atoms with Gasteiger partial charge in [0.05, 0.1) is 13.2 Å². The Labute approximate surface area is 160 Å². The Balaban J connectivity index is 1.71. The number of likely N-dealkylation sites (tertiary alicyclic amines) is 1. The van der Waals surface area contributed by atoms with Crippen molar-refractivity contribution in [2.45, 2.75) is 25.8 Å². The number of nitrogens with zero attached hydrogens (tertiary/aromatic N) is 1. The average Bonchev–Trinajstić information content (AvgIpc) is 3.22. The van der Waals surface area contributed by atoms with Gasteiger partial charge in [0.1, 0.15) is 5.75 Å². The Kier molecular flexibility index (Phi) is 6.24. The van der Waals surface area contributed by atoms with Crippen LogP contribution in [0.2, 0.25) is 0 Å². The second-order valence-electron chi connectivity index (χ2n) is 6.94. The zero-order chi connectivity index (χ0) is 19.2. The summed E-state index contributed by atoms with van der Waals surface area (Å²) in [7, 11) is 1.64. The normalized spacial score (nSPS) is 15.3. The summed E-state index contributed by atoms with van der Waals surface area (Å²) in [6.45, 7) is 4.32. The van der Waals surface area contributed by atoms with E-state index in [2.05, 4.69) is 10.2 Å². The van der Waals surface area contributed by atoms with Crippen LogP contribution in [0, 0.1) is 6.92 Å². The van der Waals surface area contributed by atoms with Gasteiger partial charge in [0.15, 0.2) is 0 Å². The van der Waals surface area contributed by atoms with Gasteiger partial charge in [0, 0.05) is 12.1 Å². The van der Waals surface area contributed by atoms with Crippen LogP contribution in [-0.2, 0) is 4.79 Å². The lowest BCUT2D eigenvalue weighted by Crippen LogP contribution is -2.39. The zero-order valence-electron chi connectivity index (χ0n) is 15.9. The predicted octanol–water partition coefficient (Wildman–Crippen LogP) is 3.14. The molecule has 2 aromatic carbocycles. The molecule has 0 aromatic heterocycles. The fourth-order valence-corrected chi connectivity index (χ4v) is 3.47. The van der Waals surface area contributed by atoms with Crippen molar-refractivity contribution in [3.63, 3.8) is 0 Å². The minimum atomic E-state index is -0.564. The van der Waals surface area contributed by atoms with Crippen molar-refractivity contribution in [3.8, 4) is 5.75 Å². The lowest BCUT2D eigenvalue weighted by atomic mass is 10.0. The molecule has 1 amide bonds. The van der Waals surface area contributed by atoms with Crippen LogP contribution in [-0.4, -0.2) is 43.3 Å². The van der Waals surface area contributed by atoms with Crippen LogP contribution >= 0.6 is 0 Å². The van der Waals surface area contributed by atoms with E-state index in [1.165, 1.54) is 0 Å². The maximum absolute atomic E-state index is 12.4. The van der Waals surface area contributed by atoms with Crippen LogP contribution < -0.4 is 10.1 Å². The van der Waals surface area contributed by atoms with E-state index >= 15 is 0 Å². The molecule has 2 aromatic rings. The van der Waals surface area contributed by atoms with Gasteiger partial charge in [0.25, 0.3) is 5.91 Å². The summed E-state index contributed by atoms with van der Waals surface area (Å²) >= 11 is 0. The first-order valence-electron chi connectivity index (χ1n) is 9.35. The van der Waals surface area contributed by atoms with Crippen molar-refractivity contribution in [2.75, 3.05) is 26.7 Å². The van der Waals surface area contributed by atoms with E-state index in [1.54, 1.807) is 19.2 Å². The van der Waals surface area contributed by atoms with Crippen molar-refractivity contribution < 1.29 is 14.3 Å². The number of methoxy groups -OCH3 is 1. The molecule has 1 saturated heterocycles. The van der Waals surface area contributed by atoms with Gasteiger partial charge in [0.2, 0.25) is 5.78 Å². The van der Waals surface area contributed by atoms with Crippen molar-refractivity contribution in [2.24, 2.45) is 0 Å². The van der Waals surface area contributed by atoms with Crippen LogP contribution in [0.3, 0.4) is 0 Å². The van der Waals surface area contributed by atoms with Crippen molar-refractivity contribution >= 4 is 11.7 Å². The second kappa shape index (κ2) is 8.82. The van der Waals surface area contributed by atoms with E-state index in [0.29, 0.717) is 12.1 Å². The molecular formula is C22H26N2O3. The second-order valence-corrected chi connectivity index (χ2v) is 6.94. The first-order valence-corrected chi connectivity index (χ1v) is 9.35. The molecule has 1 unspecified atom stereocenters. The lowest BCUT2D eigenvalue weighted by Gasteiger charge is -2.28. The largest absolute Gasteiger partial charge is 0.497 e. The van der Waals surface area contributed by atoms with E-state index in [4.69, 9.17) is 4.74 Å². The topological polar surface area (TPSA) is 58.6 Å². The first kappa shape index (κ1) is 19.1. The SMILES string of the molecule is COc1cccc(C(CNC(=O)C(=O)c2ccc(C)cc2)N2CCCC2)c1. The van der Waals surface area contributed by atoms with Gasteiger partial charge < -0.3 is 10.1 Å². The van der Waals surface area contributed by atoms with Crippen LogP contribution in [0.5, 0.6) is 5.75 Å². The molecule has 1 fully saturated rings. The number of ether oxygens (including phenoxy) is 1. The number of nitrogens with one attached hydrogen (secondary N) is 1. The van der Waals surface area contributed by atoms with Gasteiger partial charge in [-0.2, -0.15) is 0 Å². The third-order valence-electron chi connectivity index (χ3n) is 5.04. The molecule has 5 heteroatoms. The minimum absolute atomic E-state index is 0.0253. The molecule has 1 atom stereocenters. The number of aryl methyl sites for hydroxylation is 1. The highest BCUT2D eigenvalue weighted by Gasteiger charge is 2.25. The molecule has 0 bridgehead atoms. The fraction of sp³-hybridized carbons (Fsp3) is 0.364. The zero-order valence-corrected chi connectivity index (χ0v) is 15.9. The van der Waals surface area contributed by atoms with Crippen molar-refractivity contribution in [1.29, 1.82) is 0 Å². The standard InChI is InChI=1S/C22H26N2O3/c1-16-8-10-17(11-9-16)21(25)22(26)23-15-20(24-12-3-4-13-24)18-6-5-7-19(14-18)27-2/h5-11,14,20H,3-4,12-13,15H2,1-2H3,(H,23,26). The highest BCUT2D eigenvalue weighted by molar-refractivity contribution is 6.42. The number of ketones is 1. The molecule has 27 heavy (non-hydrogen) atoms. The van der Waals surface area contributed by atoms with Gasteiger partial charge in [-0.15, -0.1) is 0 Å². The van der Waals surface area contributed by atoms with E-state index in [0.717, 1.165) is 42.8 Å². The number of carbonyl (C=O) groups excluding carboxylic acids is 2. The maximum atomic E-state index is 12.4. The third-order valence-corrected chi connectivity index (χ3v) is 5.04. The fourth-order valence-electron chi connectivity index (χ4n) is 3.47. The summed E-state index contributed by atoms with van der Waals surface area (Å²) in [5.74, 6) is -0.273. The Morgan fingerprint density at radius 2 is 1.81 bits per heavy atom. The lowest BCUT2D eigenvalue weighted by molar-refractivity contribution is -0.117. The highest BCUT2D eigenvalue weighted by Crippen LogP contribution is 2.27. The van der Waals surface area contributed by atoms with E-state index in [1.807, 2.05) is 43.3 Å². The molecule has 142 valence electrons. The maximum Gasteiger partial charge on any atom is 0.292 e. The Morgan fingerprint density at radius 3 is 2.48 bits per heavy atom. The Bertz CT molecular complexity index is 795. The Hall–Kier alpha value is -2.66. The minimum Gasteiger partial charge on any atom is -0.497 e.